The van der Waals surface area contributed by atoms with Gasteiger partial charge in [0, 0.05) is 29.2 Å². The van der Waals surface area contributed by atoms with E-state index in [1.807, 2.05) is 13.8 Å². The van der Waals surface area contributed by atoms with Crippen LogP contribution in [0.1, 0.15) is 25.8 Å². The summed E-state index contributed by atoms with van der Waals surface area (Å²) in [5, 5.41) is 0. The molecule has 1 aromatic rings. The fraction of sp³-hybridized carbons (Fsp3) is 0.538. The van der Waals surface area contributed by atoms with Crippen LogP contribution in [0.5, 0.6) is 0 Å². The first kappa shape index (κ1) is 15.9. The van der Waals surface area contributed by atoms with E-state index in [2.05, 4.69) is 15.9 Å². The molecule has 2 unspecified atom stereocenters. The van der Waals surface area contributed by atoms with Gasteiger partial charge >= 0.3 is 0 Å². The molecule has 112 valence electrons. The summed E-state index contributed by atoms with van der Waals surface area (Å²) in [4.78, 5) is -0.298. The quantitative estimate of drug-likeness (QED) is 0.895. The van der Waals surface area contributed by atoms with E-state index < -0.39 is 15.8 Å². The molecule has 2 N–H and O–H groups in total. The molecule has 1 aliphatic rings. The maximum absolute atomic E-state index is 14.3. The van der Waals surface area contributed by atoms with Gasteiger partial charge < -0.3 is 5.73 Å². The van der Waals surface area contributed by atoms with Crippen LogP contribution in [0, 0.1) is 11.7 Å². The predicted molar refractivity (Wildman–Crippen MR) is 79.1 cm³/mol. The van der Waals surface area contributed by atoms with Crippen molar-refractivity contribution in [3.63, 3.8) is 0 Å². The molecule has 0 bridgehead atoms. The molecule has 2 atom stereocenters. The summed E-state index contributed by atoms with van der Waals surface area (Å²) < 4.78 is 41.5. The highest BCUT2D eigenvalue weighted by Crippen LogP contribution is 2.32. The Balaban J connectivity index is 2.52. The molecule has 0 saturated carbocycles. The van der Waals surface area contributed by atoms with Gasteiger partial charge in [-0.15, -0.1) is 0 Å². The zero-order valence-electron chi connectivity index (χ0n) is 11.4. The number of rotatable bonds is 3. The molecular formula is C13H18BrFN2O2S. The lowest BCUT2D eigenvalue weighted by molar-refractivity contribution is 0.401. The Morgan fingerprint density at radius 3 is 2.60 bits per heavy atom. The second kappa shape index (κ2) is 5.71. The van der Waals surface area contributed by atoms with Crippen LogP contribution in [0.3, 0.4) is 0 Å². The van der Waals surface area contributed by atoms with Gasteiger partial charge in [0.15, 0.2) is 0 Å². The van der Waals surface area contributed by atoms with Crippen LogP contribution < -0.4 is 5.73 Å². The third-order valence-corrected chi connectivity index (χ3v) is 6.05. The Kier molecular flexibility index (Phi) is 4.53. The van der Waals surface area contributed by atoms with Crippen molar-refractivity contribution >= 4 is 26.0 Å². The van der Waals surface area contributed by atoms with E-state index >= 15 is 0 Å². The summed E-state index contributed by atoms with van der Waals surface area (Å²) in [5.74, 6) is -0.466. The van der Waals surface area contributed by atoms with Gasteiger partial charge in [-0.3, -0.25) is 0 Å². The lowest BCUT2D eigenvalue weighted by Gasteiger charge is -2.22. The molecule has 0 aliphatic carbocycles. The third-order valence-electron chi connectivity index (χ3n) is 3.61. The van der Waals surface area contributed by atoms with Crippen LogP contribution in [-0.2, 0) is 16.6 Å². The van der Waals surface area contributed by atoms with Crippen molar-refractivity contribution in [3.8, 4) is 0 Å². The number of hydrogen-bond acceptors (Lipinski definition) is 3. The summed E-state index contributed by atoms with van der Waals surface area (Å²) in [6, 6.07) is 2.69. The molecule has 0 aromatic heterocycles. The van der Waals surface area contributed by atoms with Crippen molar-refractivity contribution in [1.29, 1.82) is 0 Å². The average molecular weight is 365 g/mol. The molecule has 1 aromatic carbocycles. The maximum atomic E-state index is 14.3. The topological polar surface area (TPSA) is 63.4 Å². The second-order valence-corrected chi connectivity index (χ2v) is 8.12. The number of nitrogens with zero attached hydrogens (tertiary/aromatic N) is 1. The average Bonchev–Trinajstić information content (AvgIpc) is 2.71. The second-order valence-electron chi connectivity index (χ2n) is 5.35. The first-order valence-corrected chi connectivity index (χ1v) is 8.70. The van der Waals surface area contributed by atoms with E-state index in [-0.39, 0.29) is 29.0 Å². The fourth-order valence-electron chi connectivity index (χ4n) is 2.68. The molecule has 0 amide bonds. The van der Waals surface area contributed by atoms with Crippen LogP contribution >= 0.6 is 15.9 Å². The van der Waals surface area contributed by atoms with Crippen molar-refractivity contribution in [2.75, 3.05) is 6.54 Å². The minimum atomic E-state index is -3.83. The molecule has 2 rings (SSSR count). The SMILES string of the molecule is CC1CC(C)N(S(=O)(=O)c2cc(Br)cc(CN)c2F)C1. The van der Waals surface area contributed by atoms with Gasteiger partial charge in [-0.25, -0.2) is 12.8 Å². The van der Waals surface area contributed by atoms with Crippen molar-refractivity contribution in [2.45, 2.75) is 37.8 Å². The highest BCUT2D eigenvalue weighted by Gasteiger charge is 2.37. The van der Waals surface area contributed by atoms with E-state index in [1.54, 1.807) is 0 Å². The van der Waals surface area contributed by atoms with Crippen LogP contribution in [0.15, 0.2) is 21.5 Å². The van der Waals surface area contributed by atoms with Gasteiger partial charge in [0.25, 0.3) is 0 Å². The molecule has 0 spiro atoms. The van der Waals surface area contributed by atoms with E-state index in [0.717, 1.165) is 6.42 Å². The molecular weight excluding hydrogens is 347 g/mol. The standard InChI is InChI=1S/C13H18BrFN2O2S/c1-8-3-9(2)17(7-8)20(18,19)12-5-11(14)4-10(6-16)13(12)15/h4-5,8-9H,3,6-7,16H2,1-2H3. The van der Waals surface area contributed by atoms with E-state index in [0.29, 0.717) is 11.0 Å². The molecule has 1 saturated heterocycles. The number of halogens is 2. The Morgan fingerprint density at radius 1 is 1.45 bits per heavy atom. The molecule has 7 heteroatoms. The Hall–Kier alpha value is -0.500. The van der Waals surface area contributed by atoms with E-state index in [4.69, 9.17) is 5.73 Å². The largest absolute Gasteiger partial charge is 0.326 e. The number of benzene rings is 1. The zero-order valence-corrected chi connectivity index (χ0v) is 13.8. The minimum Gasteiger partial charge on any atom is -0.326 e. The molecule has 4 nitrogen and oxygen atoms in total. The normalized spacial score (nSPS) is 24.2. The lowest BCUT2D eigenvalue weighted by atomic mass is 10.1. The predicted octanol–water partition coefficient (Wildman–Crippen LogP) is 2.47. The van der Waals surface area contributed by atoms with Crippen molar-refractivity contribution in [1.82, 2.24) is 4.31 Å². The highest BCUT2D eigenvalue weighted by atomic mass is 79.9. The van der Waals surface area contributed by atoms with Crippen molar-refractivity contribution < 1.29 is 12.8 Å². The Labute approximate surface area is 127 Å². The van der Waals surface area contributed by atoms with Gasteiger partial charge in [0.05, 0.1) is 0 Å². The zero-order chi connectivity index (χ0) is 15.1. The summed E-state index contributed by atoms with van der Waals surface area (Å²) in [6.07, 6.45) is 0.790. The maximum Gasteiger partial charge on any atom is 0.246 e. The fourth-order valence-corrected chi connectivity index (χ4v) is 5.23. The van der Waals surface area contributed by atoms with E-state index in [9.17, 15) is 12.8 Å². The molecule has 0 radical (unpaired) electrons. The number of sulfonamides is 1. The first-order chi connectivity index (χ1) is 9.27. The minimum absolute atomic E-state index is 0.0419. The van der Waals surface area contributed by atoms with Gasteiger partial charge in [0.1, 0.15) is 10.7 Å². The Morgan fingerprint density at radius 2 is 2.10 bits per heavy atom. The van der Waals surface area contributed by atoms with Crippen molar-refractivity contribution in [2.24, 2.45) is 11.7 Å². The smallest absolute Gasteiger partial charge is 0.246 e. The van der Waals surface area contributed by atoms with Crippen LogP contribution in [0.2, 0.25) is 0 Å². The summed E-state index contributed by atoms with van der Waals surface area (Å²) in [7, 11) is -3.83. The van der Waals surface area contributed by atoms with Gasteiger partial charge in [-0.05, 0) is 31.4 Å². The molecule has 1 heterocycles. The van der Waals surface area contributed by atoms with E-state index in [1.165, 1.54) is 16.4 Å². The van der Waals surface area contributed by atoms with Crippen LogP contribution in [0.25, 0.3) is 0 Å². The number of nitrogens with two attached hydrogens (primary N) is 1. The van der Waals surface area contributed by atoms with Gasteiger partial charge in [-0.2, -0.15) is 4.31 Å². The number of hydrogen-bond donors (Lipinski definition) is 1. The highest BCUT2D eigenvalue weighted by molar-refractivity contribution is 9.10. The molecule has 1 aliphatic heterocycles. The monoisotopic (exact) mass is 364 g/mol. The summed E-state index contributed by atoms with van der Waals surface area (Å²) >= 11 is 3.21. The lowest BCUT2D eigenvalue weighted by Crippen LogP contribution is -2.34. The first-order valence-electron chi connectivity index (χ1n) is 6.47. The third kappa shape index (κ3) is 2.77. The van der Waals surface area contributed by atoms with Crippen molar-refractivity contribution in [3.05, 3.63) is 28.0 Å². The van der Waals surface area contributed by atoms with Crippen LogP contribution in [-0.4, -0.2) is 25.3 Å². The van der Waals surface area contributed by atoms with Gasteiger partial charge in [0.2, 0.25) is 10.0 Å². The summed E-state index contributed by atoms with van der Waals surface area (Å²) in [5.41, 5.74) is 5.66. The summed E-state index contributed by atoms with van der Waals surface area (Å²) in [6.45, 7) is 4.22. The molecule has 1 fully saturated rings. The van der Waals surface area contributed by atoms with Crippen LogP contribution in [0.4, 0.5) is 4.39 Å². The Bertz CT molecular complexity index is 621. The van der Waals surface area contributed by atoms with Gasteiger partial charge in [-0.1, -0.05) is 22.9 Å². The molecule has 20 heavy (non-hydrogen) atoms.